The van der Waals surface area contributed by atoms with E-state index in [1.54, 1.807) is 12.3 Å². The van der Waals surface area contributed by atoms with Gasteiger partial charge in [-0.2, -0.15) is 0 Å². The van der Waals surface area contributed by atoms with Gasteiger partial charge in [-0.1, -0.05) is 11.3 Å². The van der Waals surface area contributed by atoms with E-state index in [1.165, 1.54) is 5.51 Å². The lowest BCUT2D eigenvalue weighted by atomic mass is 10.4. The minimum atomic E-state index is -3.60. The van der Waals surface area contributed by atoms with E-state index in [2.05, 4.69) is 20.2 Å². The van der Waals surface area contributed by atoms with Gasteiger partial charge < -0.3 is 9.88 Å². The van der Waals surface area contributed by atoms with Gasteiger partial charge in [0.1, 0.15) is 10.4 Å². The molecule has 0 saturated heterocycles. The quantitative estimate of drug-likeness (QED) is 0.836. The molecule has 0 aliphatic heterocycles. The third-order valence-electron chi connectivity index (χ3n) is 3.10. The average Bonchev–Trinajstić information content (AvgIpc) is 2.94. The van der Waals surface area contributed by atoms with Gasteiger partial charge >= 0.3 is 0 Å². The molecular formula is C11H15N5O2S2. The predicted octanol–water partition coefficient (Wildman–Crippen LogP) is 1.19. The van der Waals surface area contributed by atoms with E-state index in [1.807, 2.05) is 11.6 Å². The van der Waals surface area contributed by atoms with E-state index in [0.29, 0.717) is 12.6 Å². The average molecular weight is 313 g/mol. The Morgan fingerprint density at radius 3 is 2.90 bits per heavy atom. The Hall–Kier alpha value is -1.45. The van der Waals surface area contributed by atoms with E-state index >= 15 is 0 Å². The van der Waals surface area contributed by atoms with Crippen molar-refractivity contribution in [2.45, 2.75) is 30.3 Å². The Bertz CT molecular complexity index is 688. The topological polar surface area (TPSA) is 88.9 Å². The van der Waals surface area contributed by atoms with Crippen LogP contribution in [0.5, 0.6) is 0 Å². The lowest BCUT2D eigenvalue weighted by molar-refractivity contribution is 0.600. The minimum Gasteiger partial charge on any atom is -0.346 e. The van der Waals surface area contributed by atoms with Crippen LogP contribution in [-0.2, 0) is 16.6 Å². The van der Waals surface area contributed by atoms with E-state index in [4.69, 9.17) is 0 Å². The second-order valence-electron chi connectivity index (χ2n) is 4.69. The molecule has 3 rings (SSSR count). The van der Waals surface area contributed by atoms with Crippen molar-refractivity contribution in [1.29, 1.82) is 0 Å². The maximum absolute atomic E-state index is 12.3. The molecule has 0 unspecified atom stereocenters. The number of nitrogens with one attached hydrogen (secondary N) is 2. The molecule has 2 aromatic heterocycles. The molecule has 0 radical (unpaired) electrons. The Labute approximate surface area is 121 Å². The zero-order chi connectivity index (χ0) is 14.2. The molecule has 2 N–H and O–H groups in total. The van der Waals surface area contributed by atoms with Gasteiger partial charge in [0.25, 0.3) is 10.0 Å². The van der Waals surface area contributed by atoms with E-state index in [0.717, 1.165) is 29.9 Å². The van der Waals surface area contributed by atoms with Crippen LogP contribution in [0.25, 0.3) is 0 Å². The highest BCUT2D eigenvalue weighted by atomic mass is 32.2. The van der Waals surface area contributed by atoms with Gasteiger partial charge in [0.2, 0.25) is 5.13 Å². The second-order valence-corrected chi connectivity index (χ2v) is 7.20. The molecule has 1 aliphatic rings. The molecule has 1 saturated carbocycles. The summed E-state index contributed by atoms with van der Waals surface area (Å²) in [5, 5.41) is 10.7. The number of sulfonamides is 1. The van der Waals surface area contributed by atoms with Crippen molar-refractivity contribution >= 4 is 26.5 Å². The van der Waals surface area contributed by atoms with Crippen molar-refractivity contribution in [3.63, 3.8) is 0 Å². The lowest BCUT2D eigenvalue weighted by Gasteiger charge is -2.05. The summed E-state index contributed by atoms with van der Waals surface area (Å²) in [4.78, 5) is 0.268. The summed E-state index contributed by atoms with van der Waals surface area (Å²) in [6.45, 7) is 0.644. The van der Waals surface area contributed by atoms with Crippen molar-refractivity contribution in [3.05, 3.63) is 23.5 Å². The Balaban J connectivity index is 1.90. The summed E-state index contributed by atoms with van der Waals surface area (Å²) in [7, 11) is -1.75. The second kappa shape index (κ2) is 5.15. The first kappa shape index (κ1) is 13.5. The van der Waals surface area contributed by atoms with Gasteiger partial charge in [0.05, 0.1) is 0 Å². The van der Waals surface area contributed by atoms with Crippen LogP contribution in [-0.4, -0.2) is 30.2 Å². The van der Waals surface area contributed by atoms with Crippen LogP contribution in [0.1, 0.15) is 24.6 Å². The highest BCUT2D eigenvalue weighted by Gasteiger charge is 2.28. The Kier molecular flexibility index (Phi) is 3.48. The molecule has 0 bridgehead atoms. The number of aromatic nitrogens is 3. The van der Waals surface area contributed by atoms with Crippen LogP contribution < -0.4 is 10.0 Å². The van der Waals surface area contributed by atoms with E-state index < -0.39 is 10.0 Å². The fourth-order valence-electron chi connectivity index (χ4n) is 2.05. The summed E-state index contributed by atoms with van der Waals surface area (Å²) in [6, 6.07) is 2.14. The van der Waals surface area contributed by atoms with Gasteiger partial charge in [-0.05, 0) is 26.0 Å². The fourth-order valence-corrected chi connectivity index (χ4v) is 3.79. The molecule has 0 aromatic carbocycles. The molecule has 7 nitrogen and oxygen atoms in total. The van der Waals surface area contributed by atoms with Gasteiger partial charge in [0, 0.05) is 24.5 Å². The molecular weight excluding hydrogens is 298 g/mol. The number of anilines is 1. The van der Waals surface area contributed by atoms with E-state index in [9.17, 15) is 8.42 Å². The van der Waals surface area contributed by atoms with Gasteiger partial charge in [-0.15, -0.1) is 10.2 Å². The number of hydrogen-bond donors (Lipinski definition) is 2. The zero-order valence-electron chi connectivity index (χ0n) is 10.9. The van der Waals surface area contributed by atoms with Crippen LogP contribution in [0.2, 0.25) is 0 Å². The van der Waals surface area contributed by atoms with Crippen LogP contribution in [0, 0.1) is 0 Å². The maximum Gasteiger partial charge on any atom is 0.265 e. The third kappa shape index (κ3) is 2.69. The van der Waals surface area contributed by atoms with Crippen LogP contribution in [0.4, 0.5) is 5.13 Å². The molecule has 108 valence electrons. The van der Waals surface area contributed by atoms with Gasteiger partial charge in [-0.3, -0.25) is 4.72 Å². The molecule has 1 fully saturated rings. The number of hydrogen-bond acceptors (Lipinski definition) is 6. The highest BCUT2D eigenvalue weighted by molar-refractivity contribution is 7.93. The third-order valence-corrected chi connectivity index (χ3v) is 5.14. The zero-order valence-corrected chi connectivity index (χ0v) is 12.5. The van der Waals surface area contributed by atoms with Crippen molar-refractivity contribution in [1.82, 2.24) is 20.1 Å². The highest BCUT2D eigenvalue weighted by Crippen LogP contribution is 2.37. The van der Waals surface area contributed by atoms with Gasteiger partial charge in [0.15, 0.2) is 0 Å². The minimum absolute atomic E-state index is 0.268. The smallest absolute Gasteiger partial charge is 0.265 e. The molecule has 2 heterocycles. The molecule has 1 aliphatic carbocycles. The van der Waals surface area contributed by atoms with Crippen molar-refractivity contribution in [2.75, 3.05) is 11.8 Å². The normalized spacial score (nSPS) is 15.4. The molecule has 2 aromatic rings. The first-order valence-electron chi connectivity index (χ1n) is 6.24. The fraction of sp³-hybridized carbons (Fsp3) is 0.455. The molecule has 9 heteroatoms. The van der Waals surface area contributed by atoms with Crippen LogP contribution >= 0.6 is 11.3 Å². The summed E-state index contributed by atoms with van der Waals surface area (Å²) in [5.41, 5.74) is 2.47. The lowest BCUT2D eigenvalue weighted by Crippen LogP contribution is -2.12. The molecule has 0 atom stereocenters. The van der Waals surface area contributed by atoms with E-state index in [-0.39, 0.29) is 10.0 Å². The Morgan fingerprint density at radius 2 is 2.30 bits per heavy atom. The number of rotatable bonds is 6. The predicted molar refractivity (Wildman–Crippen MR) is 76.2 cm³/mol. The largest absolute Gasteiger partial charge is 0.346 e. The van der Waals surface area contributed by atoms with Crippen molar-refractivity contribution in [2.24, 2.45) is 0 Å². The molecule has 0 amide bonds. The van der Waals surface area contributed by atoms with Crippen LogP contribution in [0.3, 0.4) is 0 Å². The monoisotopic (exact) mass is 313 g/mol. The first-order valence-corrected chi connectivity index (χ1v) is 8.61. The molecule has 20 heavy (non-hydrogen) atoms. The van der Waals surface area contributed by atoms with Gasteiger partial charge in [-0.25, -0.2) is 8.42 Å². The van der Waals surface area contributed by atoms with Crippen molar-refractivity contribution in [3.8, 4) is 0 Å². The first-order chi connectivity index (χ1) is 9.60. The summed E-state index contributed by atoms with van der Waals surface area (Å²) >= 11 is 1.15. The maximum atomic E-state index is 12.3. The Morgan fingerprint density at radius 1 is 1.50 bits per heavy atom. The summed E-state index contributed by atoms with van der Waals surface area (Å²) in [6.07, 6.45) is 3.91. The SMILES string of the molecule is CNCc1cc(S(=O)(=O)Nc2nncs2)cn1C1CC1. The molecule has 0 spiro atoms. The van der Waals surface area contributed by atoms with Crippen molar-refractivity contribution < 1.29 is 8.42 Å². The van der Waals surface area contributed by atoms with Crippen LogP contribution in [0.15, 0.2) is 22.7 Å². The standard InChI is InChI=1S/C11H15N5O2S2/c1-12-5-9-4-10(6-16(9)8-2-3-8)20(17,18)15-11-14-13-7-19-11/h4,6-8,12H,2-3,5H2,1H3,(H,14,15). The summed E-state index contributed by atoms with van der Waals surface area (Å²) < 4.78 is 29.1. The number of nitrogens with zero attached hydrogens (tertiary/aromatic N) is 3. The summed E-state index contributed by atoms with van der Waals surface area (Å²) in [5.74, 6) is 0.